The van der Waals surface area contributed by atoms with E-state index >= 15 is 0 Å². The number of aliphatic hydroxyl groups excluding tert-OH is 1. The van der Waals surface area contributed by atoms with E-state index in [9.17, 15) is 9.90 Å². The highest BCUT2D eigenvalue weighted by atomic mass is 32.1. The Bertz CT molecular complexity index is 546. The van der Waals surface area contributed by atoms with Gasteiger partial charge >= 0.3 is 0 Å². The van der Waals surface area contributed by atoms with Crippen LogP contribution in [-0.2, 0) is 0 Å². The van der Waals surface area contributed by atoms with Gasteiger partial charge in [0, 0.05) is 17.0 Å². The molecule has 2 aromatic rings. The number of thiophene rings is 1. The van der Waals surface area contributed by atoms with Crippen molar-refractivity contribution in [3.63, 3.8) is 0 Å². The molecule has 1 aromatic carbocycles. The Kier molecular flexibility index (Phi) is 4.93. The van der Waals surface area contributed by atoms with Gasteiger partial charge < -0.3 is 10.4 Å². The average Bonchev–Trinajstić information content (AvgIpc) is 2.98. The molecule has 0 spiro atoms. The monoisotopic (exact) mass is 289 g/mol. The third-order valence-electron chi connectivity index (χ3n) is 3.17. The van der Waals surface area contributed by atoms with Gasteiger partial charge in [0.1, 0.15) is 6.10 Å². The minimum atomic E-state index is -0.645. The lowest BCUT2D eigenvalue weighted by Gasteiger charge is -2.11. The zero-order chi connectivity index (χ0) is 14.5. The van der Waals surface area contributed by atoms with E-state index in [0.29, 0.717) is 11.5 Å². The molecule has 2 N–H and O–H groups in total. The maximum Gasteiger partial charge on any atom is 0.251 e. The Morgan fingerprint density at radius 3 is 2.50 bits per heavy atom. The first-order chi connectivity index (χ1) is 9.58. The summed E-state index contributed by atoms with van der Waals surface area (Å²) in [5.74, 6) is 0.295. The lowest BCUT2D eigenvalue weighted by atomic mass is 10.0. The molecule has 20 heavy (non-hydrogen) atoms. The quantitative estimate of drug-likeness (QED) is 0.887. The molecule has 0 aliphatic rings. The Labute approximate surface area is 123 Å². The van der Waals surface area contributed by atoms with Crippen LogP contribution in [0.15, 0.2) is 41.8 Å². The second-order valence-electron chi connectivity index (χ2n) is 5.02. The highest BCUT2D eigenvalue weighted by Crippen LogP contribution is 2.18. The molecule has 3 nitrogen and oxygen atoms in total. The third kappa shape index (κ3) is 3.68. The molecule has 1 amide bonds. The summed E-state index contributed by atoms with van der Waals surface area (Å²) in [7, 11) is 0. The fourth-order valence-electron chi connectivity index (χ4n) is 1.89. The second kappa shape index (κ2) is 6.68. The number of aliphatic hydroxyl groups is 1. The standard InChI is InChI=1S/C16H19NO2S/c1-11(2)12-5-7-13(8-6-12)16(19)17-10-14(18)15-4-3-9-20-15/h3-9,11,14,18H,10H2,1-2H3,(H,17,19). The molecule has 0 saturated heterocycles. The zero-order valence-electron chi connectivity index (χ0n) is 11.7. The lowest BCUT2D eigenvalue weighted by molar-refractivity contribution is 0.0918. The summed E-state index contributed by atoms with van der Waals surface area (Å²) in [5, 5.41) is 14.6. The largest absolute Gasteiger partial charge is 0.386 e. The van der Waals surface area contributed by atoms with E-state index in [1.807, 2.05) is 41.8 Å². The number of amides is 1. The van der Waals surface area contributed by atoms with Crippen LogP contribution in [0.4, 0.5) is 0 Å². The highest BCUT2D eigenvalue weighted by molar-refractivity contribution is 7.10. The third-order valence-corrected chi connectivity index (χ3v) is 4.14. The summed E-state index contributed by atoms with van der Waals surface area (Å²) >= 11 is 1.48. The molecule has 0 aliphatic carbocycles. The van der Waals surface area contributed by atoms with Crippen LogP contribution in [0.2, 0.25) is 0 Å². The van der Waals surface area contributed by atoms with Crippen LogP contribution in [-0.4, -0.2) is 17.6 Å². The molecule has 106 valence electrons. The van der Waals surface area contributed by atoms with Gasteiger partial charge in [0.15, 0.2) is 0 Å². The summed E-state index contributed by atoms with van der Waals surface area (Å²) in [6.45, 7) is 4.46. The van der Waals surface area contributed by atoms with Gasteiger partial charge in [0.2, 0.25) is 0 Å². The SMILES string of the molecule is CC(C)c1ccc(C(=O)NCC(O)c2cccs2)cc1. The van der Waals surface area contributed by atoms with E-state index in [1.165, 1.54) is 16.9 Å². The summed E-state index contributed by atoms with van der Waals surface area (Å²) in [6.07, 6.45) is -0.645. The average molecular weight is 289 g/mol. The van der Waals surface area contributed by atoms with Crippen LogP contribution in [0.3, 0.4) is 0 Å². The van der Waals surface area contributed by atoms with Gasteiger partial charge in [-0.3, -0.25) is 4.79 Å². The van der Waals surface area contributed by atoms with Crippen molar-refractivity contribution in [1.82, 2.24) is 5.32 Å². The summed E-state index contributed by atoms with van der Waals surface area (Å²) in [6, 6.07) is 11.3. The molecule has 1 heterocycles. The molecule has 1 unspecified atom stereocenters. The van der Waals surface area contributed by atoms with E-state index in [4.69, 9.17) is 0 Å². The normalized spacial score (nSPS) is 12.4. The number of benzene rings is 1. The topological polar surface area (TPSA) is 49.3 Å². The maximum atomic E-state index is 12.0. The van der Waals surface area contributed by atoms with Gasteiger partial charge in [0.05, 0.1) is 0 Å². The van der Waals surface area contributed by atoms with Crippen LogP contribution >= 0.6 is 11.3 Å². The summed E-state index contributed by atoms with van der Waals surface area (Å²) < 4.78 is 0. The van der Waals surface area contributed by atoms with Crippen LogP contribution in [0.25, 0.3) is 0 Å². The fraction of sp³-hybridized carbons (Fsp3) is 0.312. The molecule has 0 fully saturated rings. The van der Waals surface area contributed by atoms with Gasteiger partial charge in [0.25, 0.3) is 5.91 Å². The Balaban J connectivity index is 1.91. The van der Waals surface area contributed by atoms with E-state index in [2.05, 4.69) is 19.2 Å². The molecule has 0 radical (unpaired) electrons. The van der Waals surface area contributed by atoms with Crippen LogP contribution < -0.4 is 5.32 Å². The molecule has 0 bridgehead atoms. The van der Waals surface area contributed by atoms with Crippen molar-refractivity contribution in [1.29, 1.82) is 0 Å². The summed E-state index contributed by atoms with van der Waals surface area (Å²) in [4.78, 5) is 12.8. The van der Waals surface area contributed by atoms with E-state index < -0.39 is 6.10 Å². The van der Waals surface area contributed by atoms with Crippen molar-refractivity contribution in [2.75, 3.05) is 6.54 Å². The number of hydrogen-bond acceptors (Lipinski definition) is 3. The van der Waals surface area contributed by atoms with Crippen LogP contribution in [0, 0.1) is 0 Å². The smallest absolute Gasteiger partial charge is 0.251 e. The molecule has 0 saturated carbocycles. The number of carbonyl (C=O) groups is 1. The molecular weight excluding hydrogens is 270 g/mol. The number of nitrogens with one attached hydrogen (secondary N) is 1. The van der Waals surface area contributed by atoms with Gasteiger partial charge in [-0.25, -0.2) is 0 Å². The molecule has 4 heteroatoms. The van der Waals surface area contributed by atoms with Crippen molar-refractivity contribution < 1.29 is 9.90 Å². The molecule has 0 aliphatic heterocycles. The second-order valence-corrected chi connectivity index (χ2v) is 6.00. The Hall–Kier alpha value is -1.65. The summed E-state index contributed by atoms with van der Waals surface area (Å²) in [5.41, 5.74) is 1.83. The Morgan fingerprint density at radius 2 is 1.95 bits per heavy atom. The van der Waals surface area contributed by atoms with Crippen molar-refractivity contribution in [3.05, 3.63) is 57.8 Å². The molecule has 2 rings (SSSR count). The first-order valence-electron chi connectivity index (χ1n) is 6.67. The molecule has 1 aromatic heterocycles. The predicted octanol–water partition coefficient (Wildman–Crippen LogP) is 3.33. The minimum Gasteiger partial charge on any atom is -0.386 e. The van der Waals surface area contributed by atoms with Gasteiger partial charge in [-0.2, -0.15) is 0 Å². The van der Waals surface area contributed by atoms with Crippen molar-refractivity contribution in [2.45, 2.75) is 25.9 Å². The van der Waals surface area contributed by atoms with Crippen LogP contribution in [0.1, 0.15) is 46.7 Å². The van der Waals surface area contributed by atoms with Crippen LogP contribution in [0.5, 0.6) is 0 Å². The number of hydrogen-bond donors (Lipinski definition) is 2. The number of rotatable bonds is 5. The maximum absolute atomic E-state index is 12.0. The van der Waals surface area contributed by atoms with Crippen molar-refractivity contribution in [3.8, 4) is 0 Å². The zero-order valence-corrected chi connectivity index (χ0v) is 12.5. The van der Waals surface area contributed by atoms with Gasteiger partial charge in [-0.15, -0.1) is 11.3 Å². The molecule has 1 atom stereocenters. The minimum absolute atomic E-state index is 0.157. The van der Waals surface area contributed by atoms with E-state index in [-0.39, 0.29) is 12.5 Å². The number of carbonyl (C=O) groups excluding carboxylic acids is 1. The first-order valence-corrected chi connectivity index (χ1v) is 7.55. The van der Waals surface area contributed by atoms with Crippen molar-refractivity contribution >= 4 is 17.2 Å². The Morgan fingerprint density at radius 1 is 1.25 bits per heavy atom. The molecular formula is C16H19NO2S. The first kappa shape index (κ1) is 14.8. The van der Waals surface area contributed by atoms with E-state index in [1.54, 1.807) is 0 Å². The van der Waals surface area contributed by atoms with Crippen molar-refractivity contribution in [2.24, 2.45) is 0 Å². The highest BCUT2D eigenvalue weighted by Gasteiger charge is 2.11. The van der Waals surface area contributed by atoms with E-state index in [0.717, 1.165) is 4.88 Å². The lowest BCUT2D eigenvalue weighted by Crippen LogP contribution is -2.28. The van der Waals surface area contributed by atoms with Gasteiger partial charge in [-0.1, -0.05) is 32.0 Å². The fourth-order valence-corrected chi connectivity index (χ4v) is 2.60. The van der Waals surface area contributed by atoms with Gasteiger partial charge in [-0.05, 0) is 35.1 Å². The predicted molar refractivity (Wildman–Crippen MR) is 82.1 cm³/mol.